The average Bonchev–Trinajstić information content (AvgIpc) is 3.21. The number of H-pyrrole nitrogens is 1. The van der Waals surface area contributed by atoms with Crippen molar-refractivity contribution in [2.24, 2.45) is 0 Å². The summed E-state index contributed by atoms with van der Waals surface area (Å²) in [6.07, 6.45) is 4.48. The summed E-state index contributed by atoms with van der Waals surface area (Å²) in [6, 6.07) is 14.7. The van der Waals surface area contributed by atoms with Crippen molar-refractivity contribution in [1.29, 1.82) is 0 Å². The first-order valence-corrected chi connectivity index (χ1v) is 9.40. The molecule has 1 aliphatic heterocycles. The van der Waals surface area contributed by atoms with Crippen LogP contribution in [0.3, 0.4) is 0 Å². The van der Waals surface area contributed by atoms with Crippen molar-refractivity contribution in [3.05, 3.63) is 71.0 Å². The van der Waals surface area contributed by atoms with E-state index in [-0.39, 0.29) is 5.91 Å². The Balaban J connectivity index is 1.42. The molecule has 0 unspecified atom stereocenters. The molecule has 0 saturated carbocycles. The van der Waals surface area contributed by atoms with E-state index >= 15 is 0 Å². The van der Waals surface area contributed by atoms with Crippen LogP contribution in [0.4, 0.5) is 0 Å². The number of benzene rings is 2. The quantitative estimate of drug-likeness (QED) is 0.724. The van der Waals surface area contributed by atoms with Crippen LogP contribution in [-0.2, 0) is 19.4 Å². The van der Waals surface area contributed by atoms with Gasteiger partial charge < -0.3 is 10.1 Å². The molecule has 1 amide bonds. The van der Waals surface area contributed by atoms with E-state index in [0.29, 0.717) is 12.1 Å². The zero-order chi connectivity index (χ0) is 18.6. The van der Waals surface area contributed by atoms with Gasteiger partial charge in [-0.25, -0.2) is 0 Å². The maximum Gasteiger partial charge on any atom is 0.255 e. The number of hydrogen-bond acceptors (Lipinski definition) is 3. The van der Waals surface area contributed by atoms with Gasteiger partial charge in [-0.1, -0.05) is 37.3 Å². The Labute approximate surface area is 158 Å². The molecule has 2 N–H and O–H groups in total. The smallest absolute Gasteiger partial charge is 0.255 e. The van der Waals surface area contributed by atoms with Gasteiger partial charge in [-0.05, 0) is 53.6 Å². The second-order valence-electron chi connectivity index (χ2n) is 6.77. The Morgan fingerprint density at radius 2 is 2.00 bits per heavy atom. The van der Waals surface area contributed by atoms with Gasteiger partial charge in [0.1, 0.15) is 5.75 Å². The number of ether oxygens (including phenoxy) is 1. The highest BCUT2D eigenvalue weighted by molar-refractivity contribution is 5.95. The van der Waals surface area contributed by atoms with Gasteiger partial charge >= 0.3 is 0 Å². The Morgan fingerprint density at radius 3 is 2.81 bits per heavy atom. The highest BCUT2D eigenvalue weighted by atomic mass is 16.5. The van der Waals surface area contributed by atoms with Crippen molar-refractivity contribution >= 4 is 5.91 Å². The molecule has 2 heterocycles. The Morgan fingerprint density at radius 1 is 1.19 bits per heavy atom. The van der Waals surface area contributed by atoms with Crippen LogP contribution >= 0.6 is 0 Å². The van der Waals surface area contributed by atoms with E-state index < -0.39 is 0 Å². The first kappa shape index (κ1) is 17.3. The fraction of sp³-hybridized carbons (Fsp3) is 0.273. The molecule has 2 aromatic carbocycles. The predicted octanol–water partition coefficient (Wildman–Crippen LogP) is 3.89. The molecule has 0 spiro atoms. The molecule has 0 radical (unpaired) electrons. The summed E-state index contributed by atoms with van der Waals surface area (Å²) in [7, 11) is 0. The number of rotatable bonds is 5. The van der Waals surface area contributed by atoms with Crippen LogP contribution in [0.15, 0.2) is 48.7 Å². The van der Waals surface area contributed by atoms with Crippen molar-refractivity contribution in [3.8, 4) is 16.9 Å². The summed E-state index contributed by atoms with van der Waals surface area (Å²) in [5.41, 5.74) is 6.18. The zero-order valence-electron chi connectivity index (χ0n) is 15.4. The molecule has 27 heavy (non-hydrogen) atoms. The molecule has 138 valence electrons. The van der Waals surface area contributed by atoms with Gasteiger partial charge in [-0.15, -0.1) is 0 Å². The van der Waals surface area contributed by atoms with Crippen LogP contribution < -0.4 is 10.1 Å². The molecule has 3 aromatic rings. The molecule has 0 aliphatic carbocycles. The lowest BCUT2D eigenvalue weighted by Crippen LogP contribution is -2.23. The van der Waals surface area contributed by atoms with E-state index in [4.69, 9.17) is 4.74 Å². The minimum absolute atomic E-state index is 0.0978. The SMILES string of the molecule is CCc1[nH]ncc1C(=O)NCc1ccc(-c2ccc3c(c2)CCCO3)cc1. The Kier molecular flexibility index (Phi) is 4.92. The molecule has 1 aliphatic rings. The highest BCUT2D eigenvalue weighted by Gasteiger charge is 2.13. The normalized spacial score (nSPS) is 12.9. The summed E-state index contributed by atoms with van der Waals surface area (Å²) in [6.45, 7) is 3.30. The lowest BCUT2D eigenvalue weighted by molar-refractivity contribution is 0.0950. The average molecular weight is 361 g/mol. The van der Waals surface area contributed by atoms with Crippen LogP contribution in [0.2, 0.25) is 0 Å². The summed E-state index contributed by atoms with van der Waals surface area (Å²) in [5, 5.41) is 9.77. The molecule has 0 bridgehead atoms. The number of amides is 1. The zero-order valence-corrected chi connectivity index (χ0v) is 15.4. The molecule has 0 atom stereocenters. The monoisotopic (exact) mass is 361 g/mol. The summed E-state index contributed by atoms with van der Waals surface area (Å²) in [4.78, 5) is 12.3. The minimum atomic E-state index is -0.0978. The number of aromatic amines is 1. The third-order valence-electron chi connectivity index (χ3n) is 4.97. The fourth-order valence-corrected chi connectivity index (χ4v) is 3.41. The second kappa shape index (κ2) is 7.66. The van der Waals surface area contributed by atoms with Crippen molar-refractivity contribution in [2.75, 3.05) is 6.61 Å². The summed E-state index contributed by atoms with van der Waals surface area (Å²) >= 11 is 0. The molecular formula is C22H23N3O2. The van der Waals surface area contributed by atoms with E-state index in [2.05, 4.69) is 58.0 Å². The van der Waals surface area contributed by atoms with Crippen molar-refractivity contribution in [1.82, 2.24) is 15.5 Å². The van der Waals surface area contributed by atoms with Crippen LogP contribution in [-0.4, -0.2) is 22.7 Å². The topological polar surface area (TPSA) is 67.0 Å². The number of nitrogens with zero attached hydrogens (tertiary/aromatic N) is 1. The molecule has 4 rings (SSSR count). The summed E-state index contributed by atoms with van der Waals surface area (Å²) in [5.74, 6) is 0.911. The highest BCUT2D eigenvalue weighted by Crippen LogP contribution is 2.30. The number of carbonyl (C=O) groups excluding carboxylic acids is 1. The van der Waals surface area contributed by atoms with E-state index in [9.17, 15) is 4.79 Å². The molecule has 5 heteroatoms. The number of carbonyl (C=O) groups is 1. The standard InChI is InChI=1S/C22H23N3O2/c1-2-20-19(14-24-25-20)22(26)23-13-15-5-7-16(8-6-15)17-9-10-21-18(12-17)4-3-11-27-21/h5-10,12,14H,2-4,11,13H2,1H3,(H,23,26)(H,24,25). The number of nitrogens with one attached hydrogen (secondary N) is 2. The molecule has 0 fully saturated rings. The third kappa shape index (κ3) is 3.72. The summed E-state index contributed by atoms with van der Waals surface area (Å²) < 4.78 is 5.69. The maximum atomic E-state index is 12.3. The van der Waals surface area contributed by atoms with Crippen LogP contribution in [0.5, 0.6) is 5.75 Å². The lowest BCUT2D eigenvalue weighted by atomic mass is 9.98. The number of aromatic nitrogens is 2. The number of fused-ring (bicyclic) bond motifs is 1. The first-order valence-electron chi connectivity index (χ1n) is 9.40. The predicted molar refractivity (Wildman–Crippen MR) is 105 cm³/mol. The van der Waals surface area contributed by atoms with Gasteiger partial charge in [-0.3, -0.25) is 9.89 Å². The van der Waals surface area contributed by atoms with Gasteiger partial charge in [0.2, 0.25) is 0 Å². The van der Waals surface area contributed by atoms with Gasteiger partial charge in [0, 0.05) is 12.2 Å². The van der Waals surface area contributed by atoms with E-state index in [1.54, 1.807) is 6.20 Å². The van der Waals surface area contributed by atoms with Gasteiger partial charge in [0.15, 0.2) is 0 Å². The fourth-order valence-electron chi connectivity index (χ4n) is 3.41. The second-order valence-corrected chi connectivity index (χ2v) is 6.77. The molecule has 0 saturated heterocycles. The van der Waals surface area contributed by atoms with E-state index in [0.717, 1.165) is 42.9 Å². The van der Waals surface area contributed by atoms with Crippen molar-refractivity contribution < 1.29 is 9.53 Å². The Bertz CT molecular complexity index is 944. The maximum absolute atomic E-state index is 12.3. The molecular weight excluding hydrogens is 338 g/mol. The Hall–Kier alpha value is -3.08. The van der Waals surface area contributed by atoms with E-state index in [1.807, 2.05) is 6.92 Å². The van der Waals surface area contributed by atoms with Crippen LogP contribution in [0.1, 0.15) is 40.5 Å². The number of aryl methyl sites for hydroxylation is 2. The largest absolute Gasteiger partial charge is 0.493 e. The van der Waals surface area contributed by atoms with Crippen LogP contribution in [0, 0.1) is 0 Å². The van der Waals surface area contributed by atoms with E-state index in [1.165, 1.54) is 16.7 Å². The lowest BCUT2D eigenvalue weighted by Gasteiger charge is -2.18. The van der Waals surface area contributed by atoms with Crippen molar-refractivity contribution in [2.45, 2.75) is 32.7 Å². The first-order chi connectivity index (χ1) is 13.2. The van der Waals surface area contributed by atoms with Crippen molar-refractivity contribution in [3.63, 3.8) is 0 Å². The van der Waals surface area contributed by atoms with Gasteiger partial charge in [-0.2, -0.15) is 5.10 Å². The molecule has 5 nitrogen and oxygen atoms in total. The third-order valence-corrected chi connectivity index (χ3v) is 4.97. The number of hydrogen-bond donors (Lipinski definition) is 2. The molecule has 1 aromatic heterocycles. The van der Waals surface area contributed by atoms with Gasteiger partial charge in [0.25, 0.3) is 5.91 Å². The minimum Gasteiger partial charge on any atom is -0.493 e. The van der Waals surface area contributed by atoms with Crippen LogP contribution in [0.25, 0.3) is 11.1 Å². The van der Waals surface area contributed by atoms with Gasteiger partial charge in [0.05, 0.1) is 18.4 Å².